The zero-order chi connectivity index (χ0) is 15.2. The van der Waals surface area contributed by atoms with Gasteiger partial charge in [0.2, 0.25) is 0 Å². The van der Waals surface area contributed by atoms with Crippen LogP contribution in [0, 0.1) is 18.3 Å². The molecule has 114 valence electrons. The van der Waals surface area contributed by atoms with Crippen LogP contribution in [0.25, 0.3) is 0 Å². The zero-order valence-corrected chi connectivity index (χ0v) is 13.5. The second kappa shape index (κ2) is 7.64. The van der Waals surface area contributed by atoms with Gasteiger partial charge in [-0.05, 0) is 24.3 Å². The molecule has 1 aliphatic rings. The first-order valence-corrected chi connectivity index (χ1v) is 8.14. The molecule has 1 aromatic carbocycles. The van der Waals surface area contributed by atoms with Crippen molar-refractivity contribution >= 4 is 0 Å². The second-order valence-corrected chi connectivity index (χ2v) is 6.39. The molecular formula is C19H28N2. The fourth-order valence-electron chi connectivity index (χ4n) is 3.32. The van der Waals surface area contributed by atoms with E-state index in [1.54, 1.807) is 0 Å². The van der Waals surface area contributed by atoms with Crippen molar-refractivity contribution in [2.45, 2.75) is 51.7 Å². The smallest absolute Gasteiger partial charge is 0.0712 e. The van der Waals surface area contributed by atoms with Gasteiger partial charge in [-0.25, -0.2) is 0 Å². The van der Waals surface area contributed by atoms with Crippen LogP contribution in [-0.4, -0.2) is 36.1 Å². The van der Waals surface area contributed by atoms with Crippen LogP contribution in [0.3, 0.4) is 0 Å². The highest BCUT2D eigenvalue weighted by Crippen LogP contribution is 2.21. The predicted molar refractivity (Wildman–Crippen MR) is 90.2 cm³/mol. The number of hydrogen-bond acceptors (Lipinski definition) is 2. The van der Waals surface area contributed by atoms with Crippen molar-refractivity contribution in [2.75, 3.05) is 13.1 Å². The summed E-state index contributed by atoms with van der Waals surface area (Å²) in [4.78, 5) is 2.55. The quantitative estimate of drug-likeness (QED) is 0.836. The molecule has 2 heteroatoms. The molecule has 0 amide bonds. The third kappa shape index (κ3) is 4.09. The monoisotopic (exact) mass is 284 g/mol. The first kappa shape index (κ1) is 16.1. The first-order valence-electron chi connectivity index (χ1n) is 8.14. The van der Waals surface area contributed by atoms with Crippen LogP contribution >= 0.6 is 0 Å². The Kier molecular flexibility index (Phi) is 5.85. The van der Waals surface area contributed by atoms with Crippen molar-refractivity contribution < 1.29 is 0 Å². The van der Waals surface area contributed by atoms with Gasteiger partial charge in [0.15, 0.2) is 0 Å². The van der Waals surface area contributed by atoms with Crippen LogP contribution in [0.4, 0.5) is 0 Å². The van der Waals surface area contributed by atoms with Crippen LogP contribution in [0.15, 0.2) is 30.3 Å². The molecule has 0 spiro atoms. The van der Waals surface area contributed by atoms with Crippen molar-refractivity contribution in [1.29, 1.82) is 0 Å². The maximum atomic E-state index is 5.76. The van der Waals surface area contributed by atoms with E-state index in [1.807, 2.05) is 0 Å². The molecule has 1 fully saturated rings. The fourth-order valence-corrected chi connectivity index (χ4v) is 3.32. The summed E-state index contributed by atoms with van der Waals surface area (Å²) < 4.78 is 0. The van der Waals surface area contributed by atoms with E-state index in [2.05, 4.69) is 67.2 Å². The highest BCUT2D eigenvalue weighted by atomic mass is 15.3. The topological polar surface area (TPSA) is 15.3 Å². The lowest BCUT2D eigenvalue weighted by Gasteiger charge is -2.45. The Bertz CT molecular complexity index is 460. The first-order chi connectivity index (χ1) is 10.2. The maximum absolute atomic E-state index is 5.76. The van der Waals surface area contributed by atoms with Gasteiger partial charge in [-0.2, -0.15) is 0 Å². The number of benzene rings is 1. The molecule has 0 aliphatic carbocycles. The van der Waals surface area contributed by atoms with E-state index in [0.29, 0.717) is 18.0 Å². The van der Waals surface area contributed by atoms with E-state index in [0.717, 1.165) is 25.9 Å². The molecule has 21 heavy (non-hydrogen) atoms. The Morgan fingerprint density at radius 2 is 2.05 bits per heavy atom. The van der Waals surface area contributed by atoms with Gasteiger partial charge in [0.05, 0.1) is 6.04 Å². The zero-order valence-electron chi connectivity index (χ0n) is 13.5. The second-order valence-electron chi connectivity index (χ2n) is 6.39. The third-order valence-corrected chi connectivity index (χ3v) is 4.55. The summed E-state index contributed by atoms with van der Waals surface area (Å²) in [6, 6.07) is 12.0. The third-order valence-electron chi connectivity index (χ3n) is 4.55. The van der Waals surface area contributed by atoms with E-state index in [-0.39, 0.29) is 6.04 Å². The van der Waals surface area contributed by atoms with Gasteiger partial charge < -0.3 is 5.32 Å². The minimum Gasteiger partial charge on any atom is -0.311 e. The minimum absolute atomic E-state index is 0.262. The van der Waals surface area contributed by atoms with Crippen LogP contribution in [0.1, 0.15) is 32.8 Å². The Hall–Kier alpha value is -1.30. The number of terminal acetylenes is 1. The summed E-state index contributed by atoms with van der Waals surface area (Å²) in [6.45, 7) is 8.85. The van der Waals surface area contributed by atoms with E-state index in [4.69, 9.17) is 6.42 Å². The average molecular weight is 284 g/mol. The summed E-state index contributed by atoms with van der Waals surface area (Å²) in [5.74, 6) is 3.61. The minimum atomic E-state index is 0.262. The molecule has 0 radical (unpaired) electrons. The van der Waals surface area contributed by atoms with Crippen LogP contribution in [-0.2, 0) is 6.42 Å². The summed E-state index contributed by atoms with van der Waals surface area (Å²) in [5.41, 5.74) is 1.40. The Morgan fingerprint density at radius 3 is 2.62 bits per heavy atom. The number of piperazine rings is 1. The maximum Gasteiger partial charge on any atom is 0.0712 e. The molecule has 0 aromatic heterocycles. The molecule has 1 N–H and O–H groups in total. The van der Waals surface area contributed by atoms with Gasteiger partial charge >= 0.3 is 0 Å². The Balaban J connectivity index is 2.06. The number of hydrogen-bond donors (Lipinski definition) is 1. The van der Waals surface area contributed by atoms with Gasteiger partial charge in [-0.15, -0.1) is 6.42 Å². The van der Waals surface area contributed by atoms with Gasteiger partial charge in [0, 0.05) is 25.2 Å². The summed E-state index contributed by atoms with van der Waals surface area (Å²) in [5, 5.41) is 3.72. The van der Waals surface area contributed by atoms with Crippen molar-refractivity contribution in [3.05, 3.63) is 35.9 Å². The van der Waals surface area contributed by atoms with Crippen LogP contribution in [0.5, 0.6) is 0 Å². The molecule has 3 unspecified atom stereocenters. The molecule has 1 aromatic rings. The van der Waals surface area contributed by atoms with Crippen LogP contribution < -0.4 is 5.32 Å². The largest absolute Gasteiger partial charge is 0.311 e. The van der Waals surface area contributed by atoms with Crippen molar-refractivity contribution in [1.82, 2.24) is 10.2 Å². The molecule has 1 aliphatic heterocycles. The molecule has 2 rings (SSSR count). The summed E-state index contributed by atoms with van der Waals surface area (Å²) in [6.07, 6.45) is 7.86. The molecule has 1 heterocycles. The lowest BCUT2D eigenvalue weighted by molar-refractivity contribution is 0.0749. The van der Waals surface area contributed by atoms with Gasteiger partial charge in [0.1, 0.15) is 0 Å². The number of rotatable bonds is 5. The normalized spacial score (nSPS) is 24.7. The summed E-state index contributed by atoms with van der Waals surface area (Å²) >= 11 is 0. The Morgan fingerprint density at radius 1 is 1.33 bits per heavy atom. The van der Waals surface area contributed by atoms with Gasteiger partial charge in [-0.1, -0.05) is 57.0 Å². The molecule has 0 bridgehead atoms. The molecule has 3 atom stereocenters. The highest BCUT2D eigenvalue weighted by molar-refractivity contribution is 5.16. The van der Waals surface area contributed by atoms with Crippen molar-refractivity contribution in [2.24, 2.45) is 5.92 Å². The van der Waals surface area contributed by atoms with Crippen LogP contribution in [0.2, 0.25) is 0 Å². The molecular weight excluding hydrogens is 256 g/mol. The van der Waals surface area contributed by atoms with E-state index >= 15 is 0 Å². The lowest BCUT2D eigenvalue weighted by atomic mass is 9.93. The molecule has 1 saturated heterocycles. The van der Waals surface area contributed by atoms with E-state index in [1.165, 1.54) is 5.56 Å². The standard InChI is InChI=1S/C19H28N2/c1-5-18(6-2)21-14-17(20-13-19(21)15(3)4)12-16-10-8-7-9-11-16/h1,7-11,15,17-20H,6,12-14H2,2-4H3. The molecule has 0 saturated carbocycles. The number of nitrogens with zero attached hydrogens (tertiary/aromatic N) is 1. The van der Waals surface area contributed by atoms with Crippen molar-refractivity contribution in [3.8, 4) is 12.3 Å². The van der Waals surface area contributed by atoms with Crippen molar-refractivity contribution in [3.63, 3.8) is 0 Å². The number of nitrogens with one attached hydrogen (secondary N) is 1. The fraction of sp³-hybridized carbons (Fsp3) is 0.579. The predicted octanol–water partition coefficient (Wildman–Crippen LogP) is 2.94. The summed E-state index contributed by atoms with van der Waals surface area (Å²) in [7, 11) is 0. The average Bonchev–Trinajstić information content (AvgIpc) is 2.49. The van der Waals surface area contributed by atoms with Gasteiger partial charge in [-0.3, -0.25) is 4.90 Å². The molecule has 2 nitrogen and oxygen atoms in total. The SMILES string of the molecule is C#CC(CC)N1CC(Cc2ccccc2)NCC1C(C)C. The Labute approximate surface area is 129 Å². The van der Waals surface area contributed by atoms with Gasteiger partial charge in [0.25, 0.3) is 0 Å². The van der Waals surface area contributed by atoms with E-state index < -0.39 is 0 Å². The van der Waals surface area contributed by atoms with E-state index in [9.17, 15) is 0 Å². The highest BCUT2D eigenvalue weighted by Gasteiger charge is 2.33. The lowest BCUT2D eigenvalue weighted by Crippen LogP contribution is -2.61.